The number of H-pyrrole nitrogens is 1. The summed E-state index contributed by atoms with van der Waals surface area (Å²) in [5, 5.41) is 3.86. The summed E-state index contributed by atoms with van der Waals surface area (Å²) in [5.74, 6) is -0.205. The van der Waals surface area contributed by atoms with Crippen LogP contribution < -0.4 is 10.9 Å². The zero-order valence-electron chi connectivity index (χ0n) is 18.4. The Balaban J connectivity index is 1.63. The Bertz CT molecular complexity index is 1340. The van der Waals surface area contributed by atoms with Gasteiger partial charge in [0.2, 0.25) is 0 Å². The molecular formula is C26H26BrN3O2. The van der Waals surface area contributed by atoms with Crippen molar-refractivity contribution in [3.8, 4) is 0 Å². The number of carbonyl (C=O) groups excluding carboxylic acids is 1. The molecule has 0 spiro atoms. The molecule has 2 N–H and O–H groups in total. The van der Waals surface area contributed by atoms with Crippen LogP contribution in [0.4, 0.5) is 0 Å². The third-order valence-corrected chi connectivity index (χ3v) is 6.09. The molecule has 2 aromatic heterocycles. The minimum Gasteiger partial charge on any atom is -0.348 e. The van der Waals surface area contributed by atoms with Crippen molar-refractivity contribution in [3.63, 3.8) is 0 Å². The topological polar surface area (TPSA) is 66.9 Å². The van der Waals surface area contributed by atoms with Crippen LogP contribution in [0.2, 0.25) is 0 Å². The van der Waals surface area contributed by atoms with Gasteiger partial charge in [-0.1, -0.05) is 46.3 Å². The summed E-state index contributed by atoms with van der Waals surface area (Å²) in [4.78, 5) is 28.8. The lowest BCUT2D eigenvalue weighted by molar-refractivity contribution is 0.0952. The van der Waals surface area contributed by atoms with Crippen molar-refractivity contribution in [2.45, 2.75) is 39.8 Å². The molecule has 4 rings (SSSR count). The fourth-order valence-electron chi connectivity index (χ4n) is 4.08. The van der Waals surface area contributed by atoms with E-state index in [4.69, 9.17) is 0 Å². The highest BCUT2D eigenvalue weighted by Crippen LogP contribution is 2.28. The van der Waals surface area contributed by atoms with Gasteiger partial charge in [-0.05, 0) is 62.6 Å². The molecule has 0 fully saturated rings. The zero-order valence-corrected chi connectivity index (χ0v) is 20.0. The summed E-state index contributed by atoms with van der Waals surface area (Å²) in [6, 6.07) is 18.1. The number of nitrogens with one attached hydrogen (secondary N) is 2. The van der Waals surface area contributed by atoms with E-state index in [1.165, 1.54) is 0 Å². The van der Waals surface area contributed by atoms with Crippen molar-refractivity contribution in [2.24, 2.45) is 0 Å². The molecule has 0 saturated heterocycles. The highest BCUT2D eigenvalue weighted by atomic mass is 79.9. The first kappa shape index (κ1) is 22.1. The number of amides is 1. The molecule has 0 aliphatic heterocycles. The number of aryl methyl sites for hydroxylation is 1. The van der Waals surface area contributed by atoms with E-state index in [-0.39, 0.29) is 24.1 Å². The van der Waals surface area contributed by atoms with Crippen molar-refractivity contribution < 1.29 is 4.79 Å². The van der Waals surface area contributed by atoms with E-state index in [1.54, 1.807) is 0 Å². The number of nitrogens with zero attached hydrogens (tertiary/aromatic N) is 1. The monoisotopic (exact) mass is 491 g/mol. The van der Waals surface area contributed by atoms with Crippen LogP contribution in [0.15, 0.2) is 70.1 Å². The number of hydrogen-bond donors (Lipinski definition) is 2. The van der Waals surface area contributed by atoms with E-state index in [2.05, 4.69) is 44.6 Å². The normalized spacial score (nSPS) is 11.3. The molecule has 5 nitrogen and oxygen atoms in total. The molecule has 2 heterocycles. The number of aromatic amines is 1. The number of fused-ring (bicyclic) bond motifs is 1. The number of rotatable bonds is 6. The van der Waals surface area contributed by atoms with Crippen molar-refractivity contribution >= 4 is 32.7 Å². The Hall–Kier alpha value is -3.12. The quantitative estimate of drug-likeness (QED) is 0.373. The minimum absolute atomic E-state index is 0.162. The molecule has 32 heavy (non-hydrogen) atoms. The Labute approximate surface area is 195 Å². The van der Waals surface area contributed by atoms with Crippen molar-refractivity contribution in [1.82, 2.24) is 14.9 Å². The number of halogens is 1. The number of carbonyl (C=O) groups is 1. The summed E-state index contributed by atoms with van der Waals surface area (Å²) in [5.41, 5.74) is 4.84. The molecule has 0 aliphatic carbocycles. The third-order valence-electron chi connectivity index (χ3n) is 5.63. The molecule has 6 heteroatoms. The van der Waals surface area contributed by atoms with E-state index < -0.39 is 0 Å². The Morgan fingerprint density at radius 2 is 1.88 bits per heavy atom. The molecule has 0 saturated carbocycles. The standard InChI is InChI=1S/C26H26BrN3O2/c1-16(2)30-10-9-21-22(13-20(27)14-24(21)30)25(31)28-15-23-19(11-17(3)29-26(23)32)12-18-7-5-4-6-8-18/h4-11,13-14,16H,12,15H2,1-3H3,(H,28,31)(H,29,32). The average molecular weight is 492 g/mol. The molecule has 0 bridgehead atoms. The predicted octanol–water partition coefficient (Wildman–Crippen LogP) is 5.50. The molecule has 4 aromatic rings. The molecule has 0 radical (unpaired) electrons. The second-order valence-corrected chi connectivity index (χ2v) is 9.25. The maximum atomic E-state index is 13.2. The summed E-state index contributed by atoms with van der Waals surface area (Å²) in [6.07, 6.45) is 2.64. The van der Waals surface area contributed by atoms with Gasteiger partial charge in [0.1, 0.15) is 0 Å². The van der Waals surface area contributed by atoms with E-state index in [0.29, 0.717) is 17.5 Å². The summed E-state index contributed by atoms with van der Waals surface area (Å²) < 4.78 is 2.98. The van der Waals surface area contributed by atoms with Crippen molar-refractivity contribution in [3.05, 3.63) is 104 Å². The van der Waals surface area contributed by atoms with Crippen LogP contribution in [0.25, 0.3) is 10.9 Å². The second kappa shape index (κ2) is 9.17. The first-order valence-electron chi connectivity index (χ1n) is 10.7. The van der Waals surface area contributed by atoms with E-state index >= 15 is 0 Å². The number of aromatic nitrogens is 2. The van der Waals surface area contributed by atoms with Gasteiger partial charge in [0, 0.05) is 45.5 Å². The van der Waals surface area contributed by atoms with Gasteiger partial charge in [0.05, 0.1) is 5.52 Å². The van der Waals surface area contributed by atoms with Gasteiger partial charge in [-0.2, -0.15) is 0 Å². The SMILES string of the molecule is Cc1cc(Cc2ccccc2)c(CNC(=O)c2cc(Br)cc3c2ccn3C(C)C)c(=O)[nH]1. The first-order chi connectivity index (χ1) is 15.3. The maximum absolute atomic E-state index is 13.2. The maximum Gasteiger partial charge on any atom is 0.253 e. The number of hydrogen-bond acceptors (Lipinski definition) is 2. The molecular weight excluding hydrogens is 466 g/mol. The van der Waals surface area contributed by atoms with Crippen LogP contribution in [0, 0.1) is 6.92 Å². The largest absolute Gasteiger partial charge is 0.348 e. The van der Waals surface area contributed by atoms with Gasteiger partial charge in [0.15, 0.2) is 0 Å². The first-order valence-corrected chi connectivity index (χ1v) is 11.5. The van der Waals surface area contributed by atoms with Crippen molar-refractivity contribution in [1.29, 1.82) is 0 Å². The van der Waals surface area contributed by atoms with Gasteiger partial charge in [0.25, 0.3) is 11.5 Å². The summed E-state index contributed by atoms with van der Waals surface area (Å²) >= 11 is 3.54. The summed E-state index contributed by atoms with van der Waals surface area (Å²) in [7, 11) is 0. The minimum atomic E-state index is -0.205. The Morgan fingerprint density at radius 3 is 2.59 bits per heavy atom. The number of pyridine rings is 1. The molecule has 0 unspecified atom stereocenters. The van der Waals surface area contributed by atoms with Crippen LogP contribution in [-0.4, -0.2) is 15.5 Å². The molecule has 1 amide bonds. The van der Waals surface area contributed by atoms with E-state index in [0.717, 1.165) is 32.2 Å². The van der Waals surface area contributed by atoms with Gasteiger partial charge < -0.3 is 14.9 Å². The van der Waals surface area contributed by atoms with Crippen LogP contribution in [-0.2, 0) is 13.0 Å². The van der Waals surface area contributed by atoms with Crippen LogP contribution in [0.5, 0.6) is 0 Å². The highest BCUT2D eigenvalue weighted by molar-refractivity contribution is 9.10. The predicted molar refractivity (Wildman–Crippen MR) is 132 cm³/mol. The molecule has 2 aromatic carbocycles. The Kier molecular flexibility index (Phi) is 6.33. The van der Waals surface area contributed by atoms with Crippen LogP contribution in [0.1, 0.15) is 52.6 Å². The average Bonchev–Trinajstić information content (AvgIpc) is 3.17. The number of benzene rings is 2. The molecule has 164 valence electrons. The lowest BCUT2D eigenvalue weighted by Crippen LogP contribution is -2.28. The highest BCUT2D eigenvalue weighted by Gasteiger charge is 2.17. The second-order valence-electron chi connectivity index (χ2n) is 8.33. The van der Waals surface area contributed by atoms with Gasteiger partial charge in [-0.25, -0.2) is 0 Å². The fourth-order valence-corrected chi connectivity index (χ4v) is 4.53. The lowest BCUT2D eigenvalue weighted by atomic mass is 10.00. The van der Waals surface area contributed by atoms with Gasteiger partial charge in [-0.15, -0.1) is 0 Å². The lowest BCUT2D eigenvalue weighted by Gasteiger charge is -2.13. The van der Waals surface area contributed by atoms with Gasteiger partial charge >= 0.3 is 0 Å². The van der Waals surface area contributed by atoms with Crippen LogP contribution in [0.3, 0.4) is 0 Å². The summed E-state index contributed by atoms with van der Waals surface area (Å²) in [6.45, 7) is 6.25. The van der Waals surface area contributed by atoms with E-state index in [1.807, 2.05) is 67.7 Å². The van der Waals surface area contributed by atoms with E-state index in [9.17, 15) is 9.59 Å². The van der Waals surface area contributed by atoms with Crippen molar-refractivity contribution in [2.75, 3.05) is 0 Å². The third kappa shape index (κ3) is 4.55. The van der Waals surface area contributed by atoms with Crippen LogP contribution >= 0.6 is 15.9 Å². The zero-order chi connectivity index (χ0) is 22.8. The fraction of sp³-hybridized carbons (Fsp3) is 0.231. The van der Waals surface area contributed by atoms with Gasteiger partial charge in [-0.3, -0.25) is 9.59 Å². The smallest absolute Gasteiger partial charge is 0.253 e. The Morgan fingerprint density at radius 1 is 1.12 bits per heavy atom. The molecule has 0 aliphatic rings. The molecule has 0 atom stereocenters.